The highest BCUT2D eigenvalue weighted by molar-refractivity contribution is 6.34. The van der Waals surface area contributed by atoms with Crippen molar-refractivity contribution in [2.45, 2.75) is 51.6 Å². The molecule has 0 bridgehead atoms. The van der Waals surface area contributed by atoms with Gasteiger partial charge in [0.1, 0.15) is 5.02 Å². The molecule has 0 amide bonds. The van der Waals surface area contributed by atoms with Gasteiger partial charge in [-0.2, -0.15) is 39.5 Å². The number of rotatable bonds is 8. The monoisotopic (exact) mass is 617 g/mol. The van der Waals surface area contributed by atoms with Crippen molar-refractivity contribution in [1.82, 2.24) is 9.55 Å². The lowest BCUT2D eigenvalue weighted by molar-refractivity contribution is -0.154. The van der Waals surface area contributed by atoms with E-state index in [9.17, 15) is 49.1 Å². The lowest BCUT2D eigenvalue weighted by atomic mass is 10.1. The predicted octanol–water partition coefficient (Wildman–Crippen LogP) is 6.69. The van der Waals surface area contributed by atoms with Crippen molar-refractivity contribution < 1.29 is 53.8 Å². The zero-order chi connectivity index (χ0) is 30.1. The van der Waals surface area contributed by atoms with Gasteiger partial charge in [0.2, 0.25) is 12.2 Å². The molecule has 0 aliphatic rings. The third-order valence-electron chi connectivity index (χ3n) is 4.92. The van der Waals surface area contributed by atoms with E-state index in [2.05, 4.69) is 4.98 Å². The number of alkyl halides is 9. The van der Waals surface area contributed by atoms with Crippen LogP contribution in [0, 0.1) is 0 Å². The number of esters is 1. The SMILES string of the molecule is CCCn1c(N(c2cc(C(F)(F)F)cc(C(F)(F)F)c2Cl)C(OC)C(=O)OCC)nc(C(F)(F)F)c(Cl)c1=O. The second kappa shape index (κ2) is 11.8. The van der Waals surface area contributed by atoms with Crippen molar-refractivity contribution in [1.29, 1.82) is 0 Å². The number of anilines is 2. The van der Waals surface area contributed by atoms with E-state index in [4.69, 9.17) is 32.7 Å². The van der Waals surface area contributed by atoms with Gasteiger partial charge in [-0.15, -0.1) is 0 Å². The Labute approximate surface area is 224 Å². The molecule has 18 heteroatoms. The van der Waals surface area contributed by atoms with E-state index in [1.54, 1.807) is 0 Å². The second-order valence-electron chi connectivity index (χ2n) is 7.59. The van der Waals surface area contributed by atoms with E-state index < -0.39 is 81.3 Å². The van der Waals surface area contributed by atoms with Crippen LogP contribution in [0.2, 0.25) is 10.0 Å². The molecule has 39 heavy (non-hydrogen) atoms. The number of carbonyl (C=O) groups is 1. The second-order valence-corrected chi connectivity index (χ2v) is 8.35. The van der Waals surface area contributed by atoms with Crippen molar-refractivity contribution in [3.8, 4) is 0 Å². The highest BCUT2D eigenvalue weighted by Crippen LogP contribution is 2.46. The quantitative estimate of drug-likeness (QED) is 0.187. The molecule has 0 aliphatic carbocycles. The van der Waals surface area contributed by atoms with Gasteiger partial charge in [0, 0.05) is 13.7 Å². The van der Waals surface area contributed by atoms with Gasteiger partial charge in [-0.3, -0.25) is 14.3 Å². The maximum absolute atomic E-state index is 13.7. The van der Waals surface area contributed by atoms with Crippen molar-refractivity contribution in [2.24, 2.45) is 0 Å². The third kappa shape index (κ3) is 6.90. The highest BCUT2D eigenvalue weighted by Gasteiger charge is 2.44. The Bertz CT molecular complexity index is 1280. The summed E-state index contributed by atoms with van der Waals surface area (Å²) in [5, 5.41) is -2.90. The third-order valence-corrected chi connectivity index (χ3v) is 5.65. The molecule has 0 N–H and O–H groups in total. The van der Waals surface area contributed by atoms with E-state index in [0.717, 1.165) is 7.11 Å². The molecule has 7 nitrogen and oxygen atoms in total. The number of hydrogen-bond donors (Lipinski definition) is 0. The summed E-state index contributed by atoms with van der Waals surface area (Å²) < 4.78 is 133. The molecular formula is C21H18Cl2F9N3O4. The Hall–Kier alpha value is -2.72. The number of methoxy groups -OCH3 is 1. The summed E-state index contributed by atoms with van der Waals surface area (Å²) in [4.78, 5) is 28.9. The first-order valence-electron chi connectivity index (χ1n) is 10.6. The molecule has 0 saturated heterocycles. The minimum atomic E-state index is -5.50. The van der Waals surface area contributed by atoms with Gasteiger partial charge < -0.3 is 9.47 Å². The summed E-state index contributed by atoms with van der Waals surface area (Å²) in [6.07, 6.45) is -18.7. The van der Waals surface area contributed by atoms with Crippen LogP contribution in [0.5, 0.6) is 0 Å². The number of benzene rings is 1. The minimum Gasteiger partial charge on any atom is -0.463 e. The molecule has 1 aromatic carbocycles. The maximum atomic E-state index is 13.7. The molecule has 2 rings (SSSR count). The van der Waals surface area contributed by atoms with Crippen molar-refractivity contribution in [3.05, 3.63) is 49.4 Å². The summed E-state index contributed by atoms with van der Waals surface area (Å²) in [7, 11) is 0.754. The first-order valence-corrected chi connectivity index (χ1v) is 11.4. The molecule has 0 spiro atoms. The average Bonchev–Trinajstić information content (AvgIpc) is 2.79. The standard InChI is InChI=1S/C21H18Cl2F9N3O4/c1-4-6-34-15(36)13(23)14(21(30,31)32)33-18(34)35(16(38-3)17(37)39-5-2)11-8-9(19(24,25)26)7-10(12(11)22)20(27,28)29/h7-8,16H,4-6H2,1-3H3. The number of ether oxygens (including phenoxy) is 2. The summed E-state index contributed by atoms with van der Waals surface area (Å²) >= 11 is 11.5. The van der Waals surface area contributed by atoms with Crippen LogP contribution >= 0.6 is 23.2 Å². The molecule has 1 heterocycles. The highest BCUT2D eigenvalue weighted by atomic mass is 35.5. The Morgan fingerprint density at radius 2 is 1.59 bits per heavy atom. The van der Waals surface area contributed by atoms with Crippen LogP contribution in [-0.2, 0) is 39.3 Å². The summed E-state index contributed by atoms with van der Waals surface area (Å²) in [5.74, 6) is -2.71. The fourth-order valence-corrected chi connectivity index (χ4v) is 3.89. The number of halogens is 11. The van der Waals surface area contributed by atoms with Crippen molar-refractivity contribution in [3.63, 3.8) is 0 Å². The van der Waals surface area contributed by atoms with Gasteiger partial charge in [0.15, 0.2) is 5.69 Å². The van der Waals surface area contributed by atoms with Crippen LogP contribution < -0.4 is 10.5 Å². The molecule has 1 unspecified atom stereocenters. The Morgan fingerprint density at radius 3 is 2.03 bits per heavy atom. The number of nitrogens with zero attached hydrogens (tertiary/aromatic N) is 3. The summed E-state index contributed by atoms with van der Waals surface area (Å²) in [6, 6.07) is -0.293. The molecule has 1 atom stereocenters. The Morgan fingerprint density at radius 1 is 1.00 bits per heavy atom. The first-order chi connectivity index (χ1) is 17.8. The van der Waals surface area contributed by atoms with Crippen molar-refractivity contribution in [2.75, 3.05) is 18.6 Å². The fourth-order valence-electron chi connectivity index (χ4n) is 3.33. The van der Waals surface area contributed by atoms with Crippen LogP contribution in [0.4, 0.5) is 51.1 Å². The summed E-state index contributed by atoms with van der Waals surface area (Å²) in [5.41, 5.74) is -8.89. The predicted molar refractivity (Wildman–Crippen MR) is 120 cm³/mol. The van der Waals surface area contributed by atoms with Crippen LogP contribution in [-0.4, -0.2) is 35.5 Å². The number of hydrogen-bond acceptors (Lipinski definition) is 6. The fraction of sp³-hybridized carbons (Fsp3) is 0.476. The van der Waals surface area contributed by atoms with Crippen LogP contribution in [0.25, 0.3) is 0 Å². The lowest BCUT2D eigenvalue weighted by Crippen LogP contribution is -2.45. The van der Waals surface area contributed by atoms with Gasteiger partial charge in [0.05, 0.1) is 28.4 Å². The topological polar surface area (TPSA) is 73.7 Å². The largest absolute Gasteiger partial charge is 0.463 e. The van der Waals surface area contributed by atoms with Crippen LogP contribution in [0.1, 0.15) is 37.1 Å². The lowest BCUT2D eigenvalue weighted by Gasteiger charge is -2.33. The maximum Gasteiger partial charge on any atom is 0.435 e. The van der Waals surface area contributed by atoms with Gasteiger partial charge in [-0.05, 0) is 25.5 Å². The van der Waals surface area contributed by atoms with E-state index in [1.165, 1.54) is 13.8 Å². The smallest absolute Gasteiger partial charge is 0.435 e. The number of carbonyl (C=O) groups excluding carboxylic acids is 1. The van der Waals surface area contributed by atoms with E-state index >= 15 is 0 Å². The minimum absolute atomic E-state index is 0.00863. The molecule has 0 fully saturated rings. The van der Waals surface area contributed by atoms with Gasteiger partial charge in [0.25, 0.3) is 5.56 Å². The Balaban J connectivity index is 3.21. The van der Waals surface area contributed by atoms with E-state index in [0.29, 0.717) is 4.57 Å². The van der Waals surface area contributed by atoms with Crippen LogP contribution in [0.3, 0.4) is 0 Å². The zero-order valence-electron chi connectivity index (χ0n) is 20.0. The zero-order valence-corrected chi connectivity index (χ0v) is 21.5. The average molecular weight is 618 g/mol. The Kier molecular flexibility index (Phi) is 9.83. The molecule has 0 aliphatic heterocycles. The van der Waals surface area contributed by atoms with Crippen LogP contribution in [0.15, 0.2) is 16.9 Å². The summed E-state index contributed by atoms with van der Waals surface area (Å²) in [6.45, 7) is 1.84. The molecule has 0 saturated carbocycles. The molecule has 2 aromatic rings. The van der Waals surface area contributed by atoms with Gasteiger partial charge >= 0.3 is 24.5 Å². The van der Waals surface area contributed by atoms with Crippen molar-refractivity contribution >= 4 is 40.8 Å². The normalized spacial score (nSPS) is 13.4. The molecule has 218 valence electrons. The van der Waals surface area contributed by atoms with E-state index in [1.807, 2.05) is 0 Å². The first kappa shape index (κ1) is 32.5. The van der Waals surface area contributed by atoms with Gasteiger partial charge in [-0.1, -0.05) is 30.1 Å². The van der Waals surface area contributed by atoms with E-state index in [-0.39, 0.29) is 30.1 Å². The van der Waals surface area contributed by atoms with Gasteiger partial charge in [-0.25, -0.2) is 9.78 Å². The molecular weight excluding hydrogens is 600 g/mol. The number of aromatic nitrogens is 2. The molecule has 0 radical (unpaired) electrons. The molecule has 1 aromatic heterocycles.